The van der Waals surface area contributed by atoms with E-state index in [4.69, 9.17) is 4.74 Å². The van der Waals surface area contributed by atoms with Crippen LogP contribution in [0.2, 0.25) is 0 Å². The highest BCUT2D eigenvalue weighted by molar-refractivity contribution is 7.99. The molecule has 1 N–H and O–H groups in total. The van der Waals surface area contributed by atoms with Gasteiger partial charge in [0.25, 0.3) is 5.91 Å². The third-order valence-corrected chi connectivity index (χ3v) is 5.67. The van der Waals surface area contributed by atoms with Crippen molar-refractivity contribution in [2.75, 3.05) is 12.9 Å². The number of benzene rings is 1. The van der Waals surface area contributed by atoms with E-state index in [2.05, 4.69) is 15.5 Å². The zero-order chi connectivity index (χ0) is 19.2. The number of nitrogens with one attached hydrogen (secondary N) is 1. The fraction of sp³-hybridized carbons (Fsp3) is 0.222. The lowest BCUT2D eigenvalue weighted by atomic mass is 10.2. The number of aromatic nitrogens is 3. The van der Waals surface area contributed by atoms with Crippen LogP contribution in [0.1, 0.15) is 21.1 Å². The molecule has 7 nitrogen and oxygen atoms in total. The van der Waals surface area contributed by atoms with Crippen LogP contribution in [-0.2, 0) is 18.3 Å². The molecule has 2 heterocycles. The second-order valence-electron chi connectivity index (χ2n) is 5.61. The second kappa shape index (κ2) is 8.83. The third-order valence-electron chi connectivity index (χ3n) is 3.78. The van der Waals surface area contributed by atoms with E-state index < -0.39 is 5.91 Å². The van der Waals surface area contributed by atoms with Crippen LogP contribution in [0.4, 0.5) is 0 Å². The first kappa shape index (κ1) is 19.1. The van der Waals surface area contributed by atoms with Crippen molar-refractivity contribution in [2.24, 2.45) is 7.05 Å². The molecule has 0 radical (unpaired) electrons. The minimum Gasteiger partial charge on any atom is -0.497 e. The Bertz CT molecular complexity index is 921. The van der Waals surface area contributed by atoms with Crippen LogP contribution in [-0.4, -0.2) is 39.4 Å². The number of hydrogen-bond acceptors (Lipinski definition) is 7. The van der Waals surface area contributed by atoms with E-state index in [9.17, 15) is 9.59 Å². The fourth-order valence-electron chi connectivity index (χ4n) is 2.30. The maximum Gasteiger partial charge on any atom is 0.257 e. The van der Waals surface area contributed by atoms with Crippen LogP contribution in [0.5, 0.6) is 5.75 Å². The molecule has 0 bridgehead atoms. The molecule has 0 aliphatic carbocycles. The lowest BCUT2D eigenvalue weighted by molar-refractivity contribution is -0.117. The topological polar surface area (TPSA) is 86.1 Å². The van der Waals surface area contributed by atoms with Gasteiger partial charge in [-0.3, -0.25) is 14.9 Å². The number of thioether (sulfide) groups is 1. The van der Waals surface area contributed by atoms with Crippen molar-refractivity contribution in [1.29, 1.82) is 0 Å². The van der Waals surface area contributed by atoms with Crippen molar-refractivity contribution in [3.8, 4) is 5.75 Å². The van der Waals surface area contributed by atoms with Gasteiger partial charge < -0.3 is 9.30 Å². The van der Waals surface area contributed by atoms with Crippen LogP contribution >= 0.6 is 23.1 Å². The highest BCUT2D eigenvalue weighted by atomic mass is 32.2. The molecule has 1 aromatic carbocycles. The highest BCUT2D eigenvalue weighted by Crippen LogP contribution is 2.19. The smallest absolute Gasteiger partial charge is 0.257 e. The lowest BCUT2D eigenvalue weighted by Gasteiger charge is -2.05. The van der Waals surface area contributed by atoms with E-state index in [-0.39, 0.29) is 11.7 Å². The maximum absolute atomic E-state index is 12.1. The van der Waals surface area contributed by atoms with Gasteiger partial charge in [-0.2, -0.15) is 0 Å². The molecule has 2 amide bonds. The molecule has 27 heavy (non-hydrogen) atoms. The van der Waals surface area contributed by atoms with Gasteiger partial charge in [0.05, 0.1) is 12.9 Å². The molecule has 3 rings (SSSR count). The Balaban J connectivity index is 1.52. The lowest BCUT2D eigenvalue weighted by Crippen LogP contribution is -2.31. The van der Waals surface area contributed by atoms with Gasteiger partial charge in [-0.1, -0.05) is 17.8 Å². The van der Waals surface area contributed by atoms with Gasteiger partial charge in [0.1, 0.15) is 11.6 Å². The number of amides is 2. The summed E-state index contributed by atoms with van der Waals surface area (Å²) < 4.78 is 6.91. The summed E-state index contributed by atoms with van der Waals surface area (Å²) in [6.45, 7) is 0. The van der Waals surface area contributed by atoms with Crippen LogP contribution < -0.4 is 10.1 Å². The van der Waals surface area contributed by atoms with Crippen molar-refractivity contribution in [1.82, 2.24) is 20.1 Å². The summed E-state index contributed by atoms with van der Waals surface area (Å²) in [7, 11) is 3.42. The number of imide groups is 1. The Morgan fingerprint density at radius 1 is 1.22 bits per heavy atom. The number of rotatable bonds is 7. The van der Waals surface area contributed by atoms with Crippen molar-refractivity contribution in [2.45, 2.75) is 11.6 Å². The quantitative estimate of drug-likeness (QED) is 0.611. The highest BCUT2D eigenvalue weighted by Gasteiger charge is 2.14. The Labute approximate surface area is 164 Å². The Morgan fingerprint density at radius 3 is 2.67 bits per heavy atom. The molecule has 2 aromatic heterocycles. The summed E-state index contributed by atoms with van der Waals surface area (Å²) in [6, 6.07) is 10.6. The number of carbonyl (C=O) groups excluding carboxylic acids is 2. The second-order valence-corrected chi connectivity index (χ2v) is 7.58. The Kier molecular flexibility index (Phi) is 6.25. The van der Waals surface area contributed by atoms with Gasteiger partial charge in [0.2, 0.25) is 5.91 Å². The van der Waals surface area contributed by atoms with Gasteiger partial charge in [-0.25, -0.2) is 0 Å². The summed E-state index contributed by atoms with van der Waals surface area (Å²) in [5, 5.41) is 13.3. The van der Waals surface area contributed by atoms with Gasteiger partial charge >= 0.3 is 0 Å². The minimum absolute atomic E-state index is 0.0763. The van der Waals surface area contributed by atoms with Gasteiger partial charge in [0.15, 0.2) is 5.16 Å². The monoisotopic (exact) mass is 402 g/mol. The van der Waals surface area contributed by atoms with E-state index >= 15 is 0 Å². The number of carbonyl (C=O) groups is 2. The SMILES string of the molecule is COc1ccc(C(=O)NC(=O)CSc2nnc(Cc3cccs3)n2C)cc1. The predicted octanol–water partition coefficient (Wildman–Crippen LogP) is 2.52. The first-order chi connectivity index (χ1) is 13.1. The standard InChI is InChI=1S/C18H18N4O3S2/c1-22-15(10-14-4-3-9-26-14)20-21-18(22)27-11-16(23)19-17(24)12-5-7-13(25-2)8-6-12/h3-9H,10-11H2,1-2H3,(H,19,23,24). The molecule has 0 saturated heterocycles. The average Bonchev–Trinajstić information content (AvgIpc) is 3.31. The van der Waals surface area contributed by atoms with E-state index in [0.29, 0.717) is 22.9 Å². The Morgan fingerprint density at radius 2 is 2.00 bits per heavy atom. The molecule has 0 atom stereocenters. The van der Waals surface area contributed by atoms with E-state index in [1.807, 2.05) is 29.1 Å². The van der Waals surface area contributed by atoms with Crippen LogP contribution in [0.25, 0.3) is 0 Å². The molecule has 0 fully saturated rings. The first-order valence-corrected chi connectivity index (χ1v) is 9.95. The summed E-state index contributed by atoms with van der Waals surface area (Å²) >= 11 is 2.90. The van der Waals surface area contributed by atoms with Crippen LogP contribution in [0, 0.1) is 0 Å². The number of ether oxygens (including phenoxy) is 1. The van der Waals surface area contributed by atoms with Crippen LogP contribution in [0.15, 0.2) is 46.9 Å². The molecule has 0 aliphatic heterocycles. The van der Waals surface area contributed by atoms with Crippen molar-refractivity contribution < 1.29 is 14.3 Å². The summed E-state index contributed by atoms with van der Waals surface area (Å²) in [5.41, 5.74) is 0.394. The molecule has 0 unspecified atom stereocenters. The fourth-order valence-corrected chi connectivity index (χ4v) is 3.73. The normalized spacial score (nSPS) is 10.6. The molecule has 140 valence electrons. The zero-order valence-electron chi connectivity index (χ0n) is 14.8. The third kappa shape index (κ3) is 4.95. The molecule has 0 saturated carbocycles. The van der Waals surface area contributed by atoms with E-state index in [1.165, 1.54) is 16.6 Å². The summed E-state index contributed by atoms with van der Waals surface area (Å²) in [6.07, 6.45) is 0.698. The van der Waals surface area contributed by atoms with Gasteiger partial charge in [-0.15, -0.1) is 21.5 Å². The number of hydrogen-bond donors (Lipinski definition) is 1. The predicted molar refractivity (Wildman–Crippen MR) is 104 cm³/mol. The summed E-state index contributed by atoms with van der Waals surface area (Å²) in [5.74, 6) is 0.722. The first-order valence-electron chi connectivity index (χ1n) is 8.08. The van der Waals surface area contributed by atoms with Crippen molar-refractivity contribution in [3.05, 3.63) is 58.0 Å². The average molecular weight is 403 g/mol. The molecule has 0 spiro atoms. The molecule has 0 aliphatic rings. The zero-order valence-corrected chi connectivity index (χ0v) is 16.5. The Hall–Kier alpha value is -2.65. The molecular weight excluding hydrogens is 384 g/mol. The van der Waals surface area contributed by atoms with Crippen LogP contribution in [0.3, 0.4) is 0 Å². The van der Waals surface area contributed by atoms with E-state index in [0.717, 1.165) is 5.82 Å². The number of methoxy groups -OCH3 is 1. The van der Waals surface area contributed by atoms with Crippen molar-refractivity contribution >= 4 is 34.9 Å². The molecular formula is C18H18N4O3S2. The molecule has 9 heteroatoms. The minimum atomic E-state index is -0.445. The van der Waals surface area contributed by atoms with E-state index in [1.54, 1.807) is 42.7 Å². The largest absolute Gasteiger partial charge is 0.497 e. The number of nitrogens with zero attached hydrogens (tertiary/aromatic N) is 3. The summed E-state index contributed by atoms with van der Waals surface area (Å²) in [4.78, 5) is 25.4. The van der Waals surface area contributed by atoms with Gasteiger partial charge in [0, 0.05) is 23.9 Å². The van der Waals surface area contributed by atoms with Crippen molar-refractivity contribution in [3.63, 3.8) is 0 Å². The molecule has 3 aromatic rings. The maximum atomic E-state index is 12.1. The number of thiophene rings is 1. The van der Waals surface area contributed by atoms with Gasteiger partial charge in [-0.05, 0) is 35.7 Å².